The van der Waals surface area contributed by atoms with Crippen LogP contribution in [0.3, 0.4) is 0 Å². The maximum atomic E-state index is 12.3. The summed E-state index contributed by atoms with van der Waals surface area (Å²) >= 11 is 0. The number of carbonyl (C=O) groups excluding carboxylic acids is 1. The molecule has 0 saturated heterocycles. The first kappa shape index (κ1) is 13.3. The van der Waals surface area contributed by atoms with Gasteiger partial charge in [-0.3, -0.25) is 9.79 Å². The zero-order valence-electron chi connectivity index (χ0n) is 11.3. The van der Waals surface area contributed by atoms with Crippen molar-refractivity contribution in [2.24, 2.45) is 4.99 Å². The fraction of sp³-hybridized carbons (Fsp3) is 0.333. The van der Waals surface area contributed by atoms with Crippen LogP contribution < -0.4 is 0 Å². The number of rotatable bonds is 3. The summed E-state index contributed by atoms with van der Waals surface area (Å²) in [5, 5.41) is 9.49. The van der Waals surface area contributed by atoms with Gasteiger partial charge in [0.1, 0.15) is 5.75 Å². The van der Waals surface area contributed by atoms with E-state index in [1.807, 2.05) is 19.1 Å². The zero-order chi connectivity index (χ0) is 13.8. The predicted octanol–water partition coefficient (Wildman–Crippen LogP) is 2.04. The van der Waals surface area contributed by atoms with Crippen LogP contribution in [0.5, 0.6) is 5.75 Å². The van der Waals surface area contributed by atoms with E-state index < -0.39 is 0 Å². The molecule has 1 amide bonds. The van der Waals surface area contributed by atoms with E-state index in [-0.39, 0.29) is 11.7 Å². The fourth-order valence-corrected chi connectivity index (χ4v) is 2.22. The van der Waals surface area contributed by atoms with Gasteiger partial charge in [-0.15, -0.1) is 0 Å². The Morgan fingerprint density at radius 2 is 2.32 bits per heavy atom. The van der Waals surface area contributed by atoms with Gasteiger partial charge in [-0.1, -0.05) is 11.6 Å². The zero-order valence-corrected chi connectivity index (χ0v) is 11.3. The Bertz CT molecular complexity index is 547. The monoisotopic (exact) mass is 258 g/mol. The predicted molar refractivity (Wildman–Crippen MR) is 75.9 cm³/mol. The number of phenolic OH excluding ortho intramolecular Hbond substituents is 1. The molecular formula is C15H18N2O2. The van der Waals surface area contributed by atoms with E-state index in [0.29, 0.717) is 18.7 Å². The molecule has 0 aromatic heterocycles. The SMILES string of the molecule is CN=C/C=C(/C)CN1CCc2ccc(O)cc2C1=O. The van der Waals surface area contributed by atoms with Gasteiger partial charge in [0.05, 0.1) is 0 Å². The van der Waals surface area contributed by atoms with Crippen LogP contribution in [0.4, 0.5) is 0 Å². The van der Waals surface area contributed by atoms with Crippen molar-refractivity contribution in [3.05, 3.63) is 41.0 Å². The second kappa shape index (κ2) is 5.69. The first-order chi connectivity index (χ1) is 9.11. The van der Waals surface area contributed by atoms with Crippen molar-refractivity contribution in [1.82, 2.24) is 4.90 Å². The molecule has 4 heteroatoms. The Hall–Kier alpha value is -2.10. The van der Waals surface area contributed by atoms with Gasteiger partial charge in [-0.2, -0.15) is 0 Å². The van der Waals surface area contributed by atoms with E-state index in [1.54, 1.807) is 30.3 Å². The van der Waals surface area contributed by atoms with Crippen LogP contribution in [0.2, 0.25) is 0 Å². The maximum absolute atomic E-state index is 12.3. The molecule has 1 aromatic carbocycles. The lowest BCUT2D eigenvalue weighted by atomic mass is 9.98. The molecule has 19 heavy (non-hydrogen) atoms. The smallest absolute Gasteiger partial charge is 0.254 e. The molecule has 1 aliphatic heterocycles. The Balaban J connectivity index is 2.17. The first-order valence-electron chi connectivity index (χ1n) is 6.31. The van der Waals surface area contributed by atoms with Crippen molar-refractivity contribution in [3.8, 4) is 5.75 Å². The Morgan fingerprint density at radius 1 is 1.53 bits per heavy atom. The van der Waals surface area contributed by atoms with Gasteiger partial charge >= 0.3 is 0 Å². The summed E-state index contributed by atoms with van der Waals surface area (Å²) in [4.78, 5) is 18.0. The van der Waals surface area contributed by atoms with Gasteiger partial charge in [0.25, 0.3) is 5.91 Å². The average molecular weight is 258 g/mol. The number of fused-ring (bicyclic) bond motifs is 1. The maximum Gasteiger partial charge on any atom is 0.254 e. The van der Waals surface area contributed by atoms with Crippen LogP contribution in [-0.4, -0.2) is 42.3 Å². The number of amides is 1. The normalized spacial score (nSPS) is 16.0. The van der Waals surface area contributed by atoms with Crippen molar-refractivity contribution in [2.75, 3.05) is 20.1 Å². The lowest BCUT2D eigenvalue weighted by molar-refractivity contribution is 0.0754. The molecule has 100 valence electrons. The minimum Gasteiger partial charge on any atom is -0.508 e. The highest BCUT2D eigenvalue weighted by molar-refractivity contribution is 5.97. The van der Waals surface area contributed by atoms with Crippen LogP contribution in [0.25, 0.3) is 0 Å². The largest absolute Gasteiger partial charge is 0.508 e. The van der Waals surface area contributed by atoms with Crippen molar-refractivity contribution in [3.63, 3.8) is 0 Å². The molecular weight excluding hydrogens is 240 g/mol. The Kier molecular flexibility index (Phi) is 4.00. The summed E-state index contributed by atoms with van der Waals surface area (Å²) in [6.07, 6.45) is 4.46. The molecule has 2 rings (SSSR count). The third-order valence-corrected chi connectivity index (χ3v) is 3.21. The molecule has 4 nitrogen and oxygen atoms in total. The highest BCUT2D eigenvalue weighted by Crippen LogP contribution is 2.23. The van der Waals surface area contributed by atoms with Crippen LogP contribution >= 0.6 is 0 Å². The minimum absolute atomic E-state index is 0.0154. The molecule has 1 N–H and O–H groups in total. The van der Waals surface area contributed by atoms with Gasteiger partial charge in [0, 0.05) is 31.9 Å². The van der Waals surface area contributed by atoms with Gasteiger partial charge in [-0.05, 0) is 37.1 Å². The fourth-order valence-electron chi connectivity index (χ4n) is 2.22. The van der Waals surface area contributed by atoms with Crippen molar-refractivity contribution in [2.45, 2.75) is 13.3 Å². The molecule has 0 radical (unpaired) electrons. The van der Waals surface area contributed by atoms with Crippen LogP contribution in [-0.2, 0) is 6.42 Å². The van der Waals surface area contributed by atoms with Gasteiger partial charge in [0.2, 0.25) is 0 Å². The molecule has 0 saturated carbocycles. The summed E-state index contributed by atoms with van der Waals surface area (Å²) in [7, 11) is 1.72. The third-order valence-electron chi connectivity index (χ3n) is 3.21. The van der Waals surface area contributed by atoms with Crippen LogP contribution in [0, 0.1) is 0 Å². The van der Waals surface area contributed by atoms with Crippen LogP contribution in [0.15, 0.2) is 34.8 Å². The van der Waals surface area contributed by atoms with E-state index in [0.717, 1.165) is 17.6 Å². The second-order valence-corrected chi connectivity index (χ2v) is 4.74. The molecule has 0 atom stereocenters. The number of aromatic hydroxyl groups is 1. The van der Waals surface area contributed by atoms with E-state index in [4.69, 9.17) is 0 Å². The van der Waals surface area contributed by atoms with Crippen molar-refractivity contribution in [1.29, 1.82) is 0 Å². The number of hydrogen-bond donors (Lipinski definition) is 1. The Labute approximate surface area is 113 Å². The summed E-state index contributed by atoms with van der Waals surface area (Å²) < 4.78 is 0. The summed E-state index contributed by atoms with van der Waals surface area (Å²) in [6, 6.07) is 5.01. The average Bonchev–Trinajstić information content (AvgIpc) is 2.40. The lowest BCUT2D eigenvalue weighted by Gasteiger charge is -2.28. The third kappa shape index (κ3) is 3.02. The lowest BCUT2D eigenvalue weighted by Crippen LogP contribution is -2.38. The summed E-state index contributed by atoms with van der Waals surface area (Å²) in [5.74, 6) is 0.123. The molecule has 1 heterocycles. The molecule has 0 fully saturated rings. The van der Waals surface area contributed by atoms with Gasteiger partial charge < -0.3 is 10.0 Å². The molecule has 0 bridgehead atoms. The quantitative estimate of drug-likeness (QED) is 0.843. The van der Waals surface area contributed by atoms with E-state index in [1.165, 1.54) is 0 Å². The molecule has 0 aliphatic carbocycles. The number of nitrogens with zero attached hydrogens (tertiary/aromatic N) is 2. The summed E-state index contributed by atoms with van der Waals surface area (Å²) in [6.45, 7) is 3.29. The number of aliphatic imine (C=N–C) groups is 1. The summed E-state index contributed by atoms with van der Waals surface area (Å²) in [5.41, 5.74) is 2.71. The second-order valence-electron chi connectivity index (χ2n) is 4.74. The highest BCUT2D eigenvalue weighted by Gasteiger charge is 2.24. The number of phenols is 1. The first-order valence-corrected chi connectivity index (χ1v) is 6.31. The van der Waals surface area contributed by atoms with Gasteiger partial charge in [0.15, 0.2) is 0 Å². The molecule has 0 spiro atoms. The molecule has 1 aliphatic rings. The van der Waals surface area contributed by atoms with E-state index in [9.17, 15) is 9.90 Å². The Morgan fingerprint density at radius 3 is 3.05 bits per heavy atom. The number of carbonyl (C=O) groups is 1. The standard InChI is InChI=1S/C15H18N2O2/c1-11(5-7-16-2)10-17-8-6-12-3-4-13(18)9-14(12)15(17)19/h3-5,7,9,18H,6,8,10H2,1-2H3/b11-5-,16-7?. The van der Waals surface area contributed by atoms with Crippen molar-refractivity contribution >= 4 is 12.1 Å². The highest BCUT2D eigenvalue weighted by atomic mass is 16.3. The van der Waals surface area contributed by atoms with E-state index in [2.05, 4.69) is 4.99 Å². The van der Waals surface area contributed by atoms with Gasteiger partial charge in [-0.25, -0.2) is 0 Å². The van der Waals surface area contributed by atoms with Crippen molar-refractivity contribution < 1.29 is 9.90 Å². The number of benzene rings is 1. The number of hydrogen-bond acceptors (Lipinski definition) is 3. The molecule has 1 aromatic rings. The van der Waals surface area contributed by atoms with E-state index >= 15 is 0 Å². The topological polar surface area (TPSA) is 52.9 Å². The minimum atomic E-state index is -0.0154. The molecule has 0 unspecified atom stereocenters. The number of allylic oxidation sites excluding steroid dienone is 1. The van der Waals surface area contributed by atoms with Crippen LogP contribution in [0.1, 0.15) is 22.8 Å².